The molecule has 0 saturated carbocycles. The second-order valence-electron chi connectivity index (χ2n) is 7.23. The van der Waals surface area contributed by atoms with Gasteiger partial charge in [0.05, 0.1) is 23.0 Å². The van der Waals surface area contributed by atoms with Crippen molar-refractivity contribution in [2.75, 3.05) is 0 Å². The van der Waals surface area contributed by atoms with Crippen LogP contribution in [0.4, 0.5) is 0 Å². The maximum atomic E-state index is 13.4. The van der Waals surface area contributed by atoms with Gasteiger partial charge >= 0.3 is 0 Å². The molecule has 0 amide bonds. The number of nitrogens with zero attached hydrogens (tertiary/aromatic N) is 2. The molecule has 0 bridgehead atoms. The van der Waals surface area contributed by atoms with E-state index in [1.165, 1.54) is 4.57 Å². The first-order valence-corrected chi connectivity index (χ1v) is 10.8. The van der Waals surface area contributed by atoms with Crippen LogP contribution in [0.15, 0.2) is 80.5 Å². The van der Waals surface area contributed by atoms with E-state index in [0.29, 0.717) is 27.7 Å². The molecule has 0 saturated heterocycles. The Bertz CT molecular complexity index is 1400. The van der Waals surface area contributed by atoms with Crippen molar-refractivity contribution >= 4 is 48.5 Å². The van der Waals surface area contributed by atoms with E-state index in [4.69, 9.17) is 0 Å². The fourth-order valence-corrected chi connectivity index (χ4v) is 4.67. The summed E-state index contributed by atoms with van der Waals surface area (Å²) in [6.07, 6.45) is -0.227. The predicted molar refractivity (Wildman–Crippen MR) is 121 cm³/mol. The van der Waals surface area contributed by atoms with Crippen LogP contribution < -0.4 is 5.56 Å². The molecule has 1 N–H and O–H groups in total. The molecule has 2 heterocycles. The molecule has 148 valence electrons. The molecule has 7 heteroatoms. The molecular formula is C23H14Br2N2O3. The zero-order valence-electron chi connectivity index (χ0n) is 15.5. The molecule has 1 aromatic heterocycles. The van der Waals surface area contributed by atoms with Crippen LogP contribution in [0.2, 0.25) is 0 Å². The average molecular weight is 526 g/mol. The van der Waals surface area contributed by atoms with Gasteiger partial charge < -0.3 is 5.11 Å². The Balaban J connectivity index is 1.78. The van der Waals surface area contributed by atoms with Gasteiger partial charge in [-0.25, -0.2) is 4.98 Å². The summed E-state index contributed by atoms with van der Waals surface area (Å²) >= 11 is 6.83. The van der Waals surface area contributed by atoms with E-state index in [-0.39, 0.29) is 23.6 Å². The molecule has 5 rings (SSSR count). The molecule has 0 aliphatic carbocycles. The molecule has 1 aliphatic rings. The molecule has 30 heavy (non-hydrogen) atoms. The number of aromatic nitrogens is 2. The third kappa shape index (κ3) is 2.88. The van der Waals surface area contributed by atoms with Crippen molar-refractivity contribution in [2.24, 2.45) is 0 Å². The van der Waals surface area contributed by atoms with Crippen molar-refractivity contribution < 1.29 is 9.90 Å². The van der Waals surface area contributed by atoms with E-state index < -0.39 is 5.60 Å². The number of hydrogen-bond donors (Lipinski definition) is 1. The Morgan fingerprint density at radius 2 is 1.70 bits per heavy atom. The first kappa shape index (κ1) is 19.4. The summed E-state index contributed by atoms with van der Waals surface area (Å²) in [5.74, 6) is -0.0812. The number of hydrogen-bond acceptors (Lipinski definition) is 4. The Labute approximate surface area is 188 Å². The molecule has 3 aromatic carbocycles. The molecule has 4 aromatic rings. The predicted octanol–water partition coefficient (Wildman–Crippen LogP) is 4.73. The highest BCUT2D eigenvalue weighted by Gasteiger charge is 2.46. The lowest BCUT2D eigenvalue weighted by atomic mass is 9.87. The molecule has 5 nitrogen and oxygen atoms in total. The van der Waals surface area contributed by atoms with Crippen molar-refractivity contribution in [2.45, 2.75) is 12.0 Å². The van der Waals surface area contributed by atoms with Gasteiger partial charge in [-0.05, 0) is 36.4 Å². The van der Waals surface area contributed by atoms with Gasteiger partial charge in [0.1, 0.15) is 0 Å². The minimum atomic E-state index is -1.73. The lowest BCUT2D eigenvalue weighted by Crippen LogP contribution is -2.32. The zero-order chi connectivity index (χ0) is 21.0. The van der Waals surface area contributed by atoms with Crippen LogP contribution in [0.25, 0.3) is 16.6 Å². The van der Waals surface area contributed by atoms with Crippen LogP contribution in [0.1, 0.15) is 28.2 Å². The van der Waals surface area contributed by atoms with Crippen LogP contribution in [0, 0.1) is 0 Å². The van der Waals surface area contributed by atoms with E-state index in [9.17, 15) is 14.7 Å². The van der Waals surface area contributed by atoms with Crippen molar-refractivity contribution in [3.05, 3.63) is 103 Å². The number of carbonyl (C=O) groups is 1. The van der Waals surface area contributed by atoms with Gasteiger partial charge in [-0.15, -0.1) is 0 Å². The molecule has 1 atom stereocenters. The first-order chi connectivity index (χ1) is 14.4. The number of carbonyl (C=O) groups excluding carboxylic acids is 1. The summed E-state index contributed by atoms with van der Waals surface area (Å²) in [7, 11) is 0. The van der Waals surface area contributed by atoms with Gasteiger partial charge in [0.15, 0.2) is 17.2 Å². The van der Waals surface area contributed by atoms with E-state index >= 15 is 0 Å². The third-order valence-corrected chi connectivity index (χ3v) is 6.34. The quantitative estimate of drug-likeness (QED) is 0.392. The number of Topliss-reactive ketones (excluding diaryl/α,β-unsaturated/α-hetero) is 1. The van der Waals surface area contributed by atoms with Gasteiger partial charge in [-0.2, -0.15) is 0 Å². The fourth-order valence-electron chi connectivity index (χ4n) is 3.95. The number of benzene rings is 3. The second kappa shape index (κ2) is 6.97. The lowest BCUT2D eigenvalue weighted by molar-refractivity contribution is 0.0561. The molecule has 1 aliphatic heterocycles. The minimum Gasteiger partial charge on any atom is -0.377 e. The topological polar surface area (TPSA) is 72.2 Å². The molecule has 0 fully saturated rings. The zero-order valence-corrected chi connectivity index (χ0v) is 18.6. The highest BCUT2D eigenvalue weighted by atomic mass is 79.9. The SMILES string of the molecule is O=C(C[C@]1(O)c2cc(Br)ccc2-n2c1nc1ccc(Br)cc1c2=O)c1ccccc1. The van der Waals surface area contributed by atoms with Crippen molar-refractivity contribution in [3.8, 4) is 5.69 Å². The smallest absolute Gasteiger partial charge is 0.266 e. The lowest BCUT2D eigenvalue weighted by Gasteiger charge is -2.23. The maximum Gasteiger partial charge on any atom is 0.266 e. The van der Waals surface area contributed by atoms with Crippen LogP contribution in [-0.2, 0) is 5.60 Å². The summed E-state index contributed by atoms with van der Waals surface area (Å²) in [5, 5.41) is 12.2. The highest BCUT2D eigenvalue weighted by molar-refractivity contribution is 9.10. The monoisotopic (exact) mass is 524 g/mol. The van der Waals surface area contributed by atoms with Gasteiger partial charge in [0.2, 0.25) is 0 Å². The number of halogens is 2. The Hall–Kier alpha value is -2.61. The van der Waals surface area contributed by atoms with Gasteiger partial charge in [-0.1, -0.05) is 62.2 Å². The summed E-state index contributed by atoms with van der Waals surface area (Å²) < 4.78 is 2.91. The summed E-state index contributed by atoms with van der Waals surface area (Å²) in [5.41, 5.74) is -0.0640. The Kier molecular flexibility index (Phi) is 4.50. The van der Waals surface area contributed by atoms with Crippen LogP contribution >= 0.6 is 31.9 Å². The average Bonchev–Trinajstić information content (AvgIpc) is 2.97. The van der Waals surface area contributed by atoms with Crippen molar-refractivity contribution in [1.29, 1.82) is 0 Å². The summed E-state index contributed by atoms with van der Waals surface area (Å²) in [6, 6.07) is 19.3. The summed E-state index contributed by atoms with van der Waals surface area (Å²) in [4.78, 5) is 31.0. The first-order valence-electron chi connectivity index (χ1n) is 9.22. The standard InChI is InChI=1S/C23H14Br2N2O3/c24-14-6-8-18-16(10-14)21(29)27-19-9-7-15(25)11-17(19)23(30,22(27)26-18)12-20(28)13-4-2-1-3-5-13/h1-11,30H,12H2/t23-/m0/s1. The number of rotatable bonds is 3. The molecule has 0 radical (unpaired) electrons. The molecule has 0 unspecified atom stereocenters. The normalized spacial score (nSPS) is 17.0. The largest absolute Gasteiger partial charge is 0.377 e. The van der Waals surface area contributed by atoms with Crippen LogP contribution in [0.5, 0.6) is 0 Å². The van der Waals surface area contributed by atoms with Gasteiger partial charge in [0, 0.05) is 20.1 Å². The summed E-state index contributed by atoms with van der Waals surface area (Å²) in [6.45, 7) is 0. The minimum absolute atomic E-state index is 0.153. The second-order valence-corrected chi connectivity index (χ2v) is 9.06. The van der Waals surface area contributed by atoms with Gasteiger partial charge in [0.25, 0.3) is 5.56 Å². The Morgan fingerprint density at radius 3 is 2.47 bits per heavy atom. The van der Waals surface area contributed by atoms with Crippen molar-refractivity contribution in [1.82, 2.24) is 9.55 Å². The fraction of sp³-hybridized carbons (Fsp3) is 0.0870. The van der Waals surface area contributed by atoms with E-state index in [0.717, 1.165) is 8.95 Å². The van der Waals surface area contributed by atoms with E-state index in [2.05, 4.69) is 36.8 Å². The van der Waals surface area contributed by atoms with E-state index in [1.807, 2.05) is 6.07 Å². The molecular weight excluding hydrogens is 512 g/mol. The molecule has 0 spiro atoms. The maximum absolute atomic E-state index is 13.4. The van der Waals surface area contributed by atoms with Crippen LogP contribution in [0.3, 0.4) is 0 Å². The van der Waals surface area contributed by atoms with E-state index in [1.54, 1.807) is 60.7 Å². The Morgan fingerprint density at radius 1 is 1.00 bits per heavy atom. The third-order valence-electron chi connectivity index (χ3n) is 5.36. The highest BCUT2D eigenvalue weighted by Crippen LogP contribution is 2.43. The van der Waals surface area contributed by atoms with Gasteiger partial charge in [-0.3, -0.25) is 14.2 Å². The van der Waals surface area contributed by atoms with Crippen LogP contribution in [-0.4, -0.2) is 20.4 Å². The number of aliphatic hydroxyl groups is 1. The van der Waals surface area contributed by atoms with Crippen molar-refractivity contribution in [3.63, 3.8) is 0 Å². The number of ketones is 1. The number of fused-ring (bicyclic) bond motifs is 4.